The summed E-state index contributed by atoms with van der Waals surface area (Å²) in [6.45, 7) is 4.03. The first-order chi connectivity index (χ1) is 11.9. The molecule has 0 unspecified atom stereocenters. The number of H-pyrrole nitrogens is 1. The van der Waals surface area contributed by atoms with Gasteiger partial charge >= 0.3 is 0 Å². The maximum atomic E-state index is 4.79. The molecule has 0 bridgehead atoms. The van der Waals surface area contributed by atoms with Gasteiger partial charge in [0.15, 0.2) is 11.0 Å². The van der Waals surface area contributed by atoms with Crippen molar-refractivity contribution in [3.05, 3.63) is 35.8 Å². The number of thiazole rings is 1. The highest BCUT2D eigenvalue weighted by molar-refractivity contribution is 7.14. The van der Waals surface area contributed by atoms with E-state index in [1.165, 1.54) is 0 Å². The van der Waals surface area contributed by atoms with Crippen LogP contribution in [0.2, 0.25) is 0 Å². The van der Waals surface area contributed by atoms with Gasteiger partial charge in [0.1, 0.15) is 11.2 Å². The average Bonchev–Trinajstić information content (AvgIpc) is 3.29. The number of hydrogen-bond donors (Lipinski definition) is 2. The molecule has 7 heteroatoms. The van der Waals surface area contributed by atoms with Gasteiger partial charge in [0.2, 0.25) is 0 Å². The standard InChI is InChI=1S/C17H16N6S/c1-2-4-12-11(3-1)15-13(9-19-12)20-16(22-15)14-10-24-17(21-14)23-7-5-18-6-8-23/h1-4,9-10,18H,5-8H2,(H,20,22). The second kappa shape index (κ2) is 5.54. The first kappa shape index (κ1) is 13.9. The van der Waals surface area contributed by atoms with Crippen molar-refractivity contribution in [3.63, 3.8) is 0 Å². The lowest BCUT2D eigenvalue weighted by molar-refractivity contribution is 0.588. The minimum Gasteiger partial charge on any atom is -0.346 e. The maximum Gasteiger partial charge on any atom is 0.186 e. The van der Waals surface area contributed by atoms with Crippen molar-refractivity contribution in [1.82, 2.24) is 25.3 Å². The summed E-state index contributed by atoms with van der Waals surface area (Å²) in [7, 11) is 0. The van der Waals surface area contributed by atoms with Crippen molar-refractivity contribution in [2.45, 2.75) is 0 Å². The predicted molar refractivity (Wildman–Crippen MR) is 97.6 cm³/mol. The molecule has 4 aromatic rings. The van der Waals surface area contributed by atoms with Crippen molar-refractivity contribution < 1.29 is 0 Å². The van der Waals surface area contributed by atoms with Gasteiger partial charge in [-0.05, 0) is 6.07 Å². The quantitative estimate of drug-likeness (QED) is 0.589. The summed E-state index contributed by atoms with van der Waals surface area (Å²) < 4.78 is 0. The van der Waals surface area contributed by atoms with Gasteiger partial charge in [0.05, 0.1) is 17.2 Å². The topological polar surface area (TPSA) is 69.7 Å². The Hall–Kier alpha value is -2.51. The molecule has 5 rings (SSSR count). The second-order valence-electron chi connectivity index (χ2n) is 5.88. The number of para-hydroxylation sites is 1. The molecule has 1 aromatic carbocycles. The first-order valence-corrected chi connectivity index (χ1v) is 8.91. The predicted octanol–water partition coefficient (Wildman–Crippen LogP) is 2.64. The largest absolute Gasteiger partial charge is 0.346 e. The third kappa shape index (κ3) is 2.24. The maximum absolute atomic E-state index is 4.79. The van der Waals surface area contributed by atoms with Crippen molar-refractivity contribution in [3.8, 4) is 11.5 Å². The van der Waals surface area contributed by atoms with E-state index in [2.05, 4.69) is 31.6 Å². The number of imidazole rings is 1. The molecule has 0 radical (unpaired) electrons. The summed E-state index contributed by atoms with van der Waals surface area (Å²) in [5, 5.41) is 7.57. The Morgan fingerprint density at radius 3 is 2.88 bits per heavy atom. The SMILES string of the molecule is c1ccc2c(c1)ncc1[nH]c(-c3csc(N4CCNCC4)n3)nc12. The summed E-state index contributed by atoms with van der Waals surface area (Å²) in [5.74, 6) is 0.806. The van der Waals surface area contributed by atoms with E-state index in [1.807, 2.05) is 24.4 Å². The summed E-state index contributed by atoms with van der Waals surface area (Å²) in [6, 6.07) is 8.08. The molecule has 4 heterocycles. The van der Waals surface area contributed by atoms with Gasteiger partial charge in [-0.2, -0.15) is 0 Å². The fourth-order valence-corrected chi connectivity index (χ4v) is 3.97. The van der Waals surface area contributed by atoms with E-state index in [0.29, 0.717) is 0 Å². The molecule has 3 aromatic heterocycles. The lowest BCUT2D eigenvalue weighted by atomic mass is 10.2. The molecule has 0 atom stereocenters. The molecule has 0 amide bonds. The first-order valence-electron chi connectivity index (χ1n) is 8.03. The van der Waals surface area contributed by atoms with Gasteiger partial charge in [-0.1, -0.05) is 18.2 Å². The molecule has 0 saturated carbocycles. The number of aromatic nitrogens is 4. The average molecular weight is 336 g/mol. The van der Waals surface area contributed by atoms with Crippen LogP contribution in [-0.2, 0) is 0 Å². The number of nitrogens with one attached hydrogen (secondary N) is 2. The van der Waals surface area contributed by atoms with E-state index in [1.54, 1.807) is 11.3 Å². The minimum atomic E-state index is 0.806. The Labute approximate surface area is 142 Å². The normalized spacial score (nSPS) is 15.4. The fraction of sp³-hybridized carbons (Fsp3) is 0.235. The van der Waals surface area contributed by atoms with Crippen LogP contribution >= 0.6 is 11.3 Å². The molecule has 0 spiro atoms. The molecular weight excluding hydrogens is 320 g/mol. The molecule has 2 N–H and O–H groups in total. The highest BCUT2D eigenvalue weighted by atomic mass is 32.1. The molecule has 1 fully saturated rings. The van der Waals surface area contributed by atoms with Crippen LogP contribution < -0.4 is 10.2 Å². The number of anilines is 1. The number of fused-ring (bicyclic) bond motifs is 3. The Bertz CT molecular complexity index is 1010. The van der Waals surface area contributed by atoms with Crippen LogP contribution in [-0.4, -0.2) is 46.1 Å². The Kier molecular flexibility index (Phi) is 3.20. The van der Waals surface area contributed by atoms with Crippen LogP contribution in [0.4, 0.5) is 5.13 Å². The number of nitrogens with zero attached hydrogens (tertiary/aromatic N) is 4. The van der Waals surface area contributed by atoms with Crippen LogP contribution in [0.5, 0.6) is 0 Å². The van der Waals surface area contributed by atoms with E-state index in [0.717, 1.165) is 64.8 Å². The Morgan fingerprint density at radius 2 is 1.96 bits per heavy atom. The monoisotopic (exact) mass is 336 g/mol. The van der Waals surface area contributed by atoms with E-state index in [-0.39, 0.29) is 0 Å². The molecule has 1 aliphatic rings. The minimum absolute atomic E-state index is 0.806. The molecule has 120 valence electrons. The zero-order chi connectivity index (χ0) is 15.9. The molecule has 6 nitrogen and oxygen atoms in total. The van der Waals surface area contributed by atoms with Crippen molar-refractivity contribution in [2.75, 3.05) is 31.1 Å². The zero-order valence-electron chi connectivity index (χ0n) is 13.0. The number of benzene rings is 1. The van der Waals surface area contributed by atoms with Gasteiger partial charge in [0.25, 0.3) is 0 Å². The number of pyridine rings is 1. The van der Waals surface area contributed by atoms with Crippen LogP contribution in [0.1, 0.15) is 0 Å². The van der Waals surface area contributed by atoms with Gasteiger partial charge in [-0.3, -0.25) is 4.98 Å². The van der Waals surface area contributed by atoms with E-state index >= 15 is 0 Å². The number of piperazine rings is 1. The molecule has 1 aliphatic heterocycles. The van der Waals surface area contributed by atoms with Crippen molar-refractivity contribution in [1.29, 1.82) is 0 Å². The molecule has 24 heavy (non-hydrogen) atoms. The van der Waals surface area contributed by atoms with Crippen LogP contribution in [0.3, 0.4) is 0 Å². The summed E-state index contributed by atoms with van der Waals surface area (Å²) in [5.41, 5.74) is 3.75. The van der Waals surface area contributed by atoms with E-state index in [9.17, 15) is 0 Å². The Morgan fingerprint density at radius 1 is 1.08 bits per heavy atom. The van der Waals surface area contributed by atoms with Gasteiger partial charge < -0.3 is 15.2 Å². The van der Waals surface area contributed by atoms with Gasteiger partial charge in [-0.15, -0.1) is 11.3 Å². The summed E-state index contributed by atoms with van der Waals surface area (Å²) in [6.07, 6.45) is 1.84. The van der Waals surface area contributed by atoms with E-state index in [4.69, 9.17) is 9.97 Å². The van der Waals surface area contributed by atoms with Crippen LogP contribution in [0.25, 0.3) is 33.5 Å². The van der Waals surface area contributed by atoms with Crippen molar-refractivity contribution >= 4 is 38.4 Å². The van der Waals surface area contributed by atoms with E-state index < -0.39 is 0 Å². The third-order valence-corrected chi connectivity index (χ3v) is 5.25. The Balaban J connectivity index is 1.57. The second-order valence-corrected chi connectivity index (χ2v) is 6.71. The van der Waals surface area contributed by atoms with Gasteiger partial charge in [-0.25, -0.2) is 9.97 Å². The molecule has 1 saturated heterocycles. The van der Waals surface area contributed by atoms with Crippen LogP contribution in [0, 0.1) is 0 Å². The highest BCUT2D eigenvalue weighted by Gasteiger charge is 2.16. The lowest BCUT2D eigenvalue weighted by Gasteiger charge is -2.26. The smallest absolute Gasteiger partial charge is 0.186 e. The number of rotatable bonds is 2. The lowest BCUT2D eigenvalue weighted by Crippen LogP contribution is -2.43. The fourth-order valence-electron chi connectivity index (χ4n) is 3.10. The number of hydrogen-bond acceptors (Lipinski definition) is 6. The molecular formula is C17H16N6S. The highest BCUT2D eigenvalue weighted by Crippen LogP contribution is 2.29. The number of aromatic amines is 1. The molecule has 0 aliphatic carbocycles. The summed E-state index contributed by atoms with van der Waals surface area (Å²) in [4.78, 5) is 19.7. The van der Waals surface area contributed by atoms with Gasteiger partial charge in [0, 0.05) is 36.9 Å². The summed E-state index contributed by atoms with van der Waals surface area (Å²) >= 11 is 1.68. The third-order valence-electron chi connectivity index (χ3n) is 4.35. The van der Waals surface area contributed by atoms with Crippen LogP contribution in [0.15, 0.2) is 35.8 Å². The zero-order valence-corrected chi connectivity index (χ0v) is 13.8. The van der Waals surface area contributed by atoms with Crippen molar-refractivity contribution in [2.24, 2.45) is 0 Å².